The van der Waals surface area contributed by atoms with Crippen molar-refractivity contribution in [2.75, 3.05) is 20.1 Å². The molecule has 0 saturated carbocycles. The average Bonchev–Trinajstić information content (AvgIpc) is 2.71. The van der Waals surface area contributed by atoms with Crippen LogP contribution in [0.5, 0.6) is 0 Å². The molecule has 1 aliphatic rings. The van der Waals surface area contributed by atoms with Crippen molar-refractivity contribution in [2.45, 2.75) is 12.5 Å². The molecular weight excluding hydrogens is 236 g/mol. The van der Waals surface area contributed by atoms with E-state index in [1.165, 1.54) is 6.07 Å². The van der Waals surface area contributed by atoms with Crippen LogP contribution >= 0.6 is 0 Å². The number of benzene rings is 1. The summed E-state index contributed by atoms with van der Waals surface area (Å²) in [5.41, 5.74) is 5.89. The van der Waals surface area contributed by atoms with Crippen LogP contribution in [0.2, 0.25) is 0 Å². The van der Waals surface area contributed by atoms with Crippen molar-refractivity contribution < 1.29 is 8.78 Å². The Labute approximate surface area is 105 Å². The lowest BCUT2D eigenvalue weighted by atomic mass is 9.98. The van der Waals surface area contributed by atoms with Crippen LogP contribution in [0.15, 0.2) is 12.1 Å². The van der Waals surface area contributed by atoms with Gasteiger partial charge < -0.3 is 5.73 Å². The number of rotatable bonds is 2. The summed E-state index contributed by atoms with van der Waals surface area (Å²) in [5, 5.41) is 8.79. The lowest BCUT2D eigenvalue weighted by molar-refractivity contribution is 0.306. The highest BCUT2D eigenvalue weighted by Gasteiger charge is 2.32. The van der Waals surface area contributed by atoms with Crippen molar-refractivity contribution in [1.82, 2.24) is 4.90 Å². The highest BCUT2D eigenvalue weighted by atomic mass is 19.1. The number of halogens is 2. The molecule has 0 radical (unpaired) electrons. The maximum absolute atomic E-state index is 13.8. The van der Waals surface area contributed by atoms with Gasteiger partial charge in [0.1, 0.15) is 17.7 Å². The summed E-state index contributed by atoms with van der Waals surface area (Å²) in [6.07, 6.45) is 0.737. The number of nitrogens with zero attached hydrogens (tertiary/aromatic N) is 2. The normalized spacial score (nSPS) is 24.2. The van der Waals surface area contributed by atoms with Gasteiger partial charge in [-0.15, -0.1) is 0 Å². The first kappa shape index (κ1) is 12.9. The van der Waals surface area contributed by atoms with Crippen molar-refractivity contribution in [3.8, 4) is 6.07 Å². The predicted molar refractivity (Wildman–Crippen MR) is 63.6 cm³/mol. The number of likely N-dealkylation sites (tertiary alicyclic amines) is 1. The van der Waals surface area contributed by atoms with Gasteiger partial charge in [-0.3, -0.25) is 4.90 Å². The quantitative estimate of drug-likeness (QED) is 0.871. The van der Waals surface area contributed by atoms with Crippen LogP contribution in [-0.2, 0) is 0 Å². The lowest BCUT2D eigenvalue weighted by Gasteiger charge is -2.20. The first-order valence-corrected chi connectivity index (χ1v) is 5.86. The molecule has 1 aliphatic heterocycles. The third-order valence-electron chi connectivity index (χ3n) is 3.53. The molecule has 2 atom stereocenters. The van der Waals surface area contributed by atoms with E-state index in [1.54, 1.807) is 6.07 Å². The zero-order valence-electron chi connectivity index (χ0n) is 10.2. The van der Waals surface area contributed by atoms with E-state index in [0.717, 1.165) is 19.0 Å². The number of hydrogen-bond acceptors (Lipinski definition) is 3. The molecular formula is C13H15F2N3. The van der Waals surface area contributed by atoms with Crippen LogP contribution in [0.25, 0.3) is 0 Å². The van der Waals surface area contributed by atoms with Gasteiger partial charge in [0.25, 0.3) is 0 Å². The van der Waals surface area contributed by atoms with E-state index in [0.29, 0.717) is 18.0 Å². The summed E-state index contributed by atoms with van der Waals surface area (Å²) < 4.78 is 27.1. The molecule has 1 fully saturated rings. The van der Waals surface area contributed by atoms with Crippen molar-refractivity contribution in [3.63, 3.8) is 0 Å². The van der Waals surface area contributed by atoms with Gasteiger partial charge in [0.15, 0.2) is 0 Å². The summed E-state index contributed by atoms with van der Waals surface area (Å²) in [6.45, 7) is 1.34. The molecule has 0 bridgehead atoms. The third kappa shape index (κ3) is 2.22. The first-order valence-electron chi connectivity index (χ1n) is 5.86. The molecule has 1 aromatic rings. The molecule has 18 heavy (non-hydrogen) atoms. The molecule has 2 rings (SSSR count). The molecule has 96 valence electrons. The van der Waals surface area contributed by atoms with Crippen LogP contribution < -0.4 is 5.73 Å². The van der Waals surface area contributed by atoms with E-state index in [-0.39, 0.29) is 11.6 Å². The molecule has 0 aromatic heterocycles. The van der Waals surface area contributed by atoms with Crippen LogP contribution in [0.3, 0.4) is 0 Å². The molecule has 1 saturated heterocycles. The molecule has 3 nitrogen and oxygen atoms in total. The molecule has 5 heteroatoms. The van der Waals surface area contributed by atoms with Gasteiger partial charge in [-0.05, 0) is 32.0 Å². The van der Waals surface area contributed by atoms with Crippen LogP contribution in [-0.4, -0.2) is 25.0 Å². The number of hydrogen-bond donors (Lipinski definition) is 1. The minimum Gasteiger partial charge on any atom is -0.330 e. The molecule has 2 unspecified atom stereocenters. The van der Waals surface area contributed by atoms with Gasteiger partial charge >= 0.3 is 0 Å². The summed E-state index contributed by atoms with van der Waals surface area (Å²) in [4.78, 5) is 2.00. The molecule has 0 amide bonds. The summed E-state index contributed by atoms with van der Waals surface area (Å²) in [7, 11) is 1.88. The van der Waals surface area contributed by atoms with Crippen molar-refractivity contribution in [3.05, 3.63) is 34.9 Å². The summed E-state index contributed by atoms with van der Waals surface area (Å²) >= 11 is 0. The van der Waals surface area contributed by atoms with Gasteiger partial charge in [-0.2, -0.15) is 5.26 Å². The maximum atomic E-state index is 13.8. The zero-order valence-corrected chi connectivity index (χ0v) is 10.2. The minimum atomic E-state index is -0.810. The standard InChI is InChI=1S/C13H15F2N3/c1-18-7-8(5-16)2-13(18)10-3-9(6-17)11(14)4-12(10)15/h3-4,8,13H,2,5,7,16H2,1H3. The first-order chi connectivity index (χ1) is 8.56. The smallest absolute Gasteiger partial charge is 0.143 e. The second-order valence-electron chi connectivity index (χ2n) is 4.76. The molecule has 1 aromatic carbocycles. The fourth-order valence-electron chi connectivity index (χ4n) is 2.55. The second-order valence-corrected chi connectivity index (χ2v) is 4.76. The Kier molecular flexibility index (Phi) is 3.60. The zero-order chi connectivity index (χ0) is 13.3. The Morgan fingerprint density at radius 2 is 2.17 bits per heavy atom. The SMILES string of the molecule is CN1CC(CN)CC1c1cc(C#N)c(F)cc1F. The highest BCUT2D eigenvalue weighted by Crippen LogP contribution is 2.35. The Hall–Kier alpha value is -1.51. The highest BCUT2D eigenvalue weighted by molar-refractivity contribution is 5.37. The average molecular weight is 251 g/mol. The Morgan fingerprint density at radius 3 is 2.72 bits per heavy atom. The number of nitrogens with two attached hydrogens (primary N) is 1. The van der Waals surface area contributed by atoms with Crippen molar-refractivity contribution in [2.24, 2.45) is 11.7 Å². The van der Waals surface area contributed by atoms with Gasteiger partial charge in [-0.1, -0.05) is 0 Å². The van der Waals surface area contributed by atoms with E-state index in [2.05, 4.69) is 0 Å². The monoisotopic (exact) mass is 251 g/mol. The molecule has 2 N–H and O–H groups in total. The van der Waals surface area contributed by atoms with Gasteiger partial charge in [0.2, 0.25) is 0 Å². The minimum absolute atomic E-state index is 0.115. The number of nitriles is 1. The Bertz CT molecular complexity index is 496. The topological polar surface area (TPSA) is 53.0 Å². The van der Waals surface area contributed by atoms with Gasteiger partial charge in [0, 0.05) is 24.2 Å². The van der Waals surface area contributed by atoms with Gasteiger partial charge in [-0.25, -0.2) is 8.78 Å². The lowest BCUT2D eigenvalue weighted by Crippen LogP contribution is -2.21. The predicted octanol–water partition coefficient (Wildman–Crippen LogP) is 1.79. The van der Waals surface area contributed by atoms with Crippen LogP contribution in [0, 0.1) is 28.9 Å². The van der Waals surface area contributed by atoms with Crippen LogP contribution in [0.1, 0.15) is 23.6 Å². The summed E-state index contributed by atoms with van der Waals surface area (Å²) in [5.74, 6) is -1.09. The Morgan fingerprint density at radius 1 is 1.44 bits per heavy atom. The maximum Gasteiger partial charge on any atom is 0.143 e. The van der Waals surface area contributed by atoms with Crippen molar-refractivity contribution in [1.29, 1.82) is 5.26 Å². The van der Waals surface area contributed by atoms with E-state index >= 15 is 0 Å². The van der Waals surface area contributed by atoms with Crippen LogP contribution in [0.4, 0.5) is 8.78 Å². The Balaban J connectivity index is 2.37. The fraction of sp³-hybridized carbons (Fsp3) is 0.462. The largest absolute Gasteiger partial charge is 0.330 e. The van der Waals surface area contributed by atoms with E-state index in [9.17, 15) is 8.78 Å². The second kappa shape index (κ2) is 5.01. The van der Waals surface area contributed by atoms with E-state index in [1.807, 2.05) is 11.9 Å². The summed E-state index contributed by atoms with van der Waals surface area (Å²) in [6, 6.07) is 3.71. The third-order valence-corrected chi connectivity index (χ3v) is 3.53. The molecule has 1 heterocycles. The fourth-order valence-corrected chi connectivity index (χ4v) is 2.55. The van der Waals surface area contributed by atoms with Gasteiger partial charge in [0.05, 0.1) is 5.56 Å². The van der Waals surface area contributed by atoms with Crippen molar-refractivity contribution >= 4 is 0 Å². The van der Waals surface area contributed by atoms with E-state index < -0.39 is 11.6 Å². The van der Waals surface area contributed by atoms with E-state index in [4.69, 9.17) is 11.0 Å². The molecule has 0 aliphatic carbocycles. The molecule has 0 spiro atoms.